The van der Waals surface area contributed by atoms with Crippen LogP contribution in [0.3, 0.4) is 0 Å². The highest BCUT2D eigenvalue weighted by molar-refractivity contribution is 6.10. The zero-order chi connectivity index (χ0) is 31.0. The molecule has 2 aromatic carbocycles. The minimum atomic E-state index is -1.27. The number of nitrogens with zero attached hydrogens (tertiary/aromatic N) is 1. The van der Waals surface area contributed by atoms with Gasteiger partial charge in [0.1, 0.15) is 11.5 Å². The zero-order valence-corrected chi connectivity index (χ0v) is 24.3. The number of anilines is 1. The van der Waals surface area contributed by atoms with E-state index in [0.29, 0.717) is 30.8 Å². The van der Waals surface area contributed by atoms with E-state index in [1.165, 1.54) is 18.2 Å². The summed E-state index contributed by atoms with van der Waals surface area (Å²) in [4.78, 5) is 43.4. The number of nitrogen functional groups attached to an aromatic ring is 1. The Morgan fingerprint density at radius 1 is 1.00 bits per heavy atom. The second kappa shape index (κ2) is 13.7. The molecule has 1 heterocycles. The van der Waals surface area contributed by atoms with Gasteiger partial charge in [-0.3, -0.25) is 15.0 Å². The molecule has 42 heavy (non-hydrogen) atoms. The number of carboxylic acids is 1. The Morgan fingerprint density at radius 2 is 1.64 bits per heavy atom. The van der Waals surface area contributed by atoms with Gasteiger partial charge >= 0.3 is 5.97 Å². The van der Waals surface area contributed by atoms with Crippen molar-refractivity contribution in [3.8, 4) is 17.0 Å². The van der Waals surface area contributed by atoms with E-state index < -0.39 is 17.8 Å². The maximum atomic E-state index is 13.4. The number of aromatic carboxylic acids is 1. The first-order chi connectivity index (χ1) is 19.8. The van der Waals surface area contributed by atoms with E-state index in [1.807, 2.05) is 20.8 Å². The van der Waals surface area contributed by atoms with Crippen LogP contribution in [0.1, 0.15) is 77.3 Å². The van der Waals surface area contributed by atoms with Crippen molar-refractivity contribution in [3.63, 3.8) is 0 Å². The van der Waals surface area contributed by atoms with E-state index in [0.717, 1.165) is 6.42 Å². The Kier molecular flexibility index (Phi) is 10.4. The molecule has 2 amide bonds. The predicted octanol–water partition coefficient (Wildman–Crippen LogP) is 4.27. The number of amides is 2. The fourth-order valence-corrected chi connectivity index (χ4v) is 4.37. The van der Waals surface area contributed by atoms with Gasteiger partial charge in [0.25, 0.3) is 11.8 Å². The third kappa shape index (κ3) is 7.91. The van der Waals surface area contributed by atoms with Gasteiger partial charge in [-0.2, -0.15) is 0 Å². The van der Waals surface area contributed by atoms with E-state index in [-0.39, 0.29) is 51.1 Å². The van der Waals surface area contributed by atoms with Gasteiger partial charge in [-0.1, -0.05) is 26.8 Å². The lowest BCUT2D eigenvalue weighted by Crippen LogP contribution is -2.44. The zero-order valence-electron chi connectivity index (χ0n) is 24.3. The highest BCUT2D eigenvalue weighted by Gasteiger charge is 2.27. The second-order valence-corrected chi connectivity index (χ2v) is 10.8. The molecule has 0 saturated heterocycles. The maximum Gasteiger partial charge on any atom is 0.336 e. The van der Waals surface area contributed by atoms with Gasteiger partial charge in [0.15, 0.2) is 0 Å². The van der Waals surface area contributed by atoms with Gasteiger partial charge in [0, 0.05) is 34.5 Å². The number of benzene rings is 2. The van der Waals surface area contributed by atoms with Crippen LogP contribution in [0.15, 0.2) is 54.6 Å². The summed E-state index contributed by atoms with van der Waals surface area (Å²) in [5.74, 6) is -2.19. The summed E-state index contributed by atoms with van der Waals surface area (Å²) in [7, 11) is 0. The molecule has 11 nitrogen and oxygen atoms in total. The molecule has 1 aromatic heterocycles. The number of carboxylic acid groups (broad SMARTS) is 1. The van der Waals surface area contributed by atoms with Crippen molar-refractivity contribution in [2.75, 3.05) is 18.5 Å². The topological polar surface area (TPSA) is 194 Å². The first kappa shape index (κ1) is 31.8. The molecular weight excluding hydrogens is 536 g/mol. The quantitative estimate of drug-likeness (QED) is 0.136. The molecule has 1 atom stereocenters. The number of nitrogens with two attached hydrogens (primary N) is 2. The average molecular weight is 575 g/mol. The molecular formula is C31H38N6O5. The minimum absolute atomic E-state index is 0.0640. The molecule has 222 valence electrons. The Morgan fingerprint density at radius 3 is 2.21 bits per heavy atom. The smallest absolute Gasteiger partial charge is 0.336 e. The lowest BCUT2D eigenvalue weighted by atomic mass is 9.83. The van der Waals surface area contributed by atoms with Gasteiger partial charge < -0.3 is 31.9 Å². The summed E-state index contributed by atoms with van der Waals surface area (Å²) < 4.78 is 5.49. The number of hydrogen-bond acceptors (Lipinski definition) is 7. The number of pyridine rings is 1. The normalized spacial score (nSPS) is 11.8. The molecule has 0 fully saturated rings. The highest BCUT2D eigenvalue weighted by atomic mass is 16.5. The molecule has 0 unspecified atom stereocenters. The third-order valence-corrected chi connectivity index (χ3v) is 6.68. The first-order valence-electron chi connectivity index (χ1n) is 13.6. The summed E-state index contributed by atoms with van der Waals surface area (Å²) in [6, 6.07) is 13.6. The van der Waals surface area contributed by atoms with Crippen molar-refractivity contribution in [2.45, 2.75) is 46.6 Å². The molecule has 3 aromatic rings. The van der Waals surface area contributed by atoms with E-state index in [2.05, 4.69) is 15.6 Å². The van der Waals surface area contributed by atoms with Crippen molar-refractivity contribution in [2.24, 2.45) is 16.9 Å². The van der Waals surface area contributed by atoms with Crippen LogP contribution in [0.2, 0.25) is 0 Å². The summed E-state index contributed by atoms with van der Waals surface area (Å²) >= 11 is 0. The fourth-order valence-electron chi connectivity index (χ4n) is 4.37. The van der Waals surface area contributed by atoms with Crippen LogP contribution in [0.25, 0.3) is 11.1 Å². The van der Waals surface area contributed by atoms with Crippen LogP contribution >= 0.6 is 0 Å². The number of amidine groups is 1. The molecule has 0 spiro atoms. The van der Waals surface area contributed by atoms with Crippen LogP contribution in [-0.2, 0) is 0 Å². The monoisotopic (exact) mass is 574 g/mol. The lowest BCUT2D eigenvalue weighted by molar-refractivity contribution is 0.0697. The molecule has 11 heteroatoms. The Labute approximate surface area is 245 Å². The van der Waals surface area contributed by atoms with E-state index in [9.17, 15) is 19.5 Å². The Balaban J connectivity index is 2.02. The van der Waals surface area contributed by atoms with Gasteiger partial charge in [0.05, 0.1) is 12.2 Å². The molecule has 0 radical (unpaired) electrons. The molecule has 8 N–H and O–H groups in total. The fraction of sp³-hybridized carbons (Fsp3) is 0.323. The SMILES string of the molecule is CCOc1ccc(-c2ccc(C(=O)N[C@@H](CCCN)C(C)(C)C)cc2C(=O)O)c(C(=O)Nc2ccc(C(=N)N)cc2)n1. The van der Waals surface area contributed by atoms with Crippen LogP contribution in [0.5, 0.6) is 5.88 Å². The van der Waals surface area contributed by atoms with Gasteiger partial charge in [0.2, 0.25) is 5.88 Å². The third-order valence-electron chi connectivity index (χ3n) is 6.68. The number of carbonyl (C=O) groups excluding carboxylic acids is 2. The van der Waals surface area contributed by atoms with E-state index >= 15 is 0 Å². The number of hydrogen-bond donors (Lipinski definition) is 6. The first-order valence-corrected chi connectivity index (χ1v) is 13.6. The molecule has 0 bridgehead atoms. The number of aromatic nitrogens is 1. The highest BCUT2D eigenvalue weighted by Crippen LogP contribution is 2.30. The summed E-state index contributed by atoms with van der Waals surface area (Å²) in [5.41, 5.74) is 12.3. The van der Waals surface area contributed by atoms with Crippen LogP contribution < -0.4 is 26.8 Å². The molecule has 0 aliphatic rings. The number of carbonyl (C=O) groups is 3. The van der Waals surface area contributed by atoms with Crippen molar-refractivity contribution in [3.05, 3.63) is 77.0 Å². The van der Waals surface area contributed by atoms with Gasteiger partial charge in [-0.05, 0) is 79.8 Å². The molecule has 0 saturated carbocycles. The molecule has 3 rings (SSSR count). The average Bonchev–Trinajstić information content (AvgIpc) is 2.94. The number of ether oxygens (including phenoxy) is 1. The van der Waals surface area contributed by atoms with Crippen molar-refractivity contribution < 1.29 is 24.2 Å². The van der Waals surface area contributed by atoms with Crippen molar-refractivity contribution in [1.29, 1.82) is 5.41 Å². The number of rotatable bonds is 12. The second-order valence-electron chi connectivity index (χ2n) is 10.8. The lowest BCUT2D eigenvalue weighted by Gasteiger charge is -2.31. The number of nitrogens with one attached hydrogen (secondary N) is 3. The summed E-state index contributed by atoms with van der Waals surface area (Å²) in [6.07, 6.45) is 1.42. The van der Waals surface area contributed by atoms with Crippen LogP contribution in [0, 0.1) is 10.8 Å². The standard InChI is InChI=1S/C31H38N6O5/c1-5-42-25-15-14-22(26(37-25)29(39)35-20-11-8-18(9-12-20)27(33)34)21-13-10-19(17-23(21)30(40)41)28(38)36-24(7-6-16-32)31(2,3)4/h8-15,17,24H,5-7,16,32H2,1-4H3,(H3,33,34)(H,35,39)(H,36,38)(H,40,41)/t24-/m0/s1. The van der Waals surface area contributed by atoms with Crippen molar-refractivity contribution in [1.82, 2.24) is 10.3 Å². The van der Waals surface area contributed by atoms with Crippen LogP contribution in [-0.4, -0.2) is 52.9 Å². The van der Waals surface area contributed by atoms with Crippen LogP contribution in [0.4, 0.5) is 5.69 Å². The van der Waals surface area contributed by atoms with Crippen molar-refractivity contribution >= 4 is 29.3 Å². The minimum Gasteiger partial charge on any atom is -0.478 e. The Bertz CT molecular complexity index is 1460. The van der Waals surface area contributed by atoms with E-state index in [4.69, 9.17) is 21.6 Å². The van der Waals surface area contributed by atoms with Gasteiger partial charge in [-0.15, -0.1) is 0 Å². The van der Waals surface area contributed by atoms with Gasteiger partial charge in [-0.25, -0.2) is 9.78 Å². The molecule has 0 aliphatic heterocycles. The largest absolute Gasteiger partial charge is 0.478 e. The van der Waals surface area contributed by atoms with E-state index in [1.54, 1.807) is 43.3 Å². The summed E-state index contributed by atoms with van der Waals surface area (Å²) in [5, 5.41) is 23.4. The molecule has 0 aliphatic carbocycles. The summed E-state index contributed by atoms with van der Waals surface area (Å²) in [6.45, 7) is 8.63. The Hall–Kier alpha value is -4.77. The maximum absolute atomic E-state index is 13.4. The predicted molar refractivity (Wildman–Crippen MR) is 162 cm³/mol.